The Labute approximate surface area is 439 Å². The summed E-state index contributed by atoms with van der Waals surface area (Å²) in [5.74, 6) is -3.84. The molecule has 78 heavy (non-hydrogen) atoms. The van der Waals surface area contributed by atoms with Gasteiger partial charge in [-0.25, -0.2) is 4.79 Å². The maximum absolute atomic E-state index is 14.6. The molecule has 3 aromatic carbocycles. The lowest BCUT2D eigenvalue weighted by Crippen LogP contribution is -2.67. The van der Waals surface area contributed by atoms with Gasteiger partial charge in [-0.3, -0.25) is 4.79 Å². The van der Waals surface area contributed by atoms with Crippen molar-refractivity contribution in [2.24, 2.45) is 0 Å². The van der Waals surface area contributed by atoms with Crippen LogP contribution in [0.25, 0.3) is 28.4 Å². The second-order valence-corrected chi connectivity index (χ2v) is 18.4. The smallest absolute Gasteiger partial charge is 0.330 e. The van der Waals surface area contributed by atoms with Gasteiger partial charge in [-0.05, 0) is 48.0 Å². The molecule has 5 heterocycles. The van der Waals surface area contributed by atoms with Gasteiger partial charge in [0.05, 0.1) is 26.9 Å². The first-order chi connectivity index (χ1) is 37.2. The van der Waals surface area contributed by atoms with E-state index < -0.39 is 189 Å². The lowest BCUT2D eigenvalue weighted by molar-refractivity contribution is -0.389. The summed E-state index contributed by atoms with van der Waals surface area (Å²) < 4.78 is 62.7. The van der Waals surface area contributed by atoms with E-state index in [2.05, 4.69) is 0 Å². The van der Waals surface area contributed by atoms with E-state index >= 15 is 0 Å². The van der Waals surface area contributed by atoms with Gasteiger partial charge >= 0.3 is 5.97 Å². The summed E-state index contributed by atoms with van der Waals surface area (Å²) in [5.41, 5.74) is -1.24. The Hall–Kier alpha value is -5.88. The molecule has 0 saturated carbocycles. The molecular formula is C49H58O29. The zero-order valence-electron chi connectivity index (χ0n) is 40.7. The topological polar surface area (TPSA) is 463 Å². The summed E-state index contributed by atoms with van der Waals surface area (Å²) in [6.07, 6.45) is -36.8. The fourth-order valence-corrected chi connectivity index (χ4v) is 8.91. The van der Waals surface area contributed by atoms with E-state index in [4.69, 9.17) is 51.8 Å². The molecule has 4 saturated heterocycles. The highest BCUT2D eigenvalue weighted by Crippen LogP contribution is 2.40. The molecule has 16 N–H and O–H groups in total. The van der Waals surface area contributed by atoms with Crippen LogP contribution < -0.4 is 19.6 Å². The third-order valence-corrected chi connectivity index (χ3v) is 13.3. The van der Waals surface area contributed by atoms with Crippen molar-refractivity contribution in [1.29, 1.82) is 0 Å². The normalized spacial score (nSPS) is 35.4. The number of carbonyl (C=O) groups is 1. The Balaban J connectivity index is 1.09. The summed E-state index contributed by atoms with van der Waals surface area (Å²) >= 11 is 0. The SMILES string of the molecule is COc1cc(/C=C/C(=O)OC[C@H]2O[C@@H](O[C@H]3[C@H](O[C@H]4[C@H](Oc5c(-c6ccc(O)cc6)oc6cc(O[C@@H]7O[C@H](CO)[C@@H](O)[C@H](O)[C@H]7O)cc(O)c6c5=O)O[C@H](CO)[C@@H](O)[C@@H]4O)O[C@H](CO)[C@@H](O)[C@@H]3O)[C@H](O)[C@@H](O)[C@@H]2O)ccc1O. The first-order valence-corrected chi connectivity index (χ1v) is 23.9. The molecule has 4 aliphatic heterocycles. The Morgan fingerprint density at radius 1 is 0.577 bits per heavy atom. The molecule has 428 valence electrons. The molecule has 4 aromatic rings. The number of aliphatic hydroxyl groups excluding tert-OH is 13. The van der Waals surface area contributed by atoms with Crippen molar-refractivity contribution in [1.82, 2.24) is 0 Å². The minimum absolute atomic E-state index is 0.0147. The molecule has 8 rings (SSSR count). The van der Waals surface area contributed by atoms with Gasteiger partial charge < -0.3 is 133 Å². The summed E-state index contributed by atoms with van der Waals surface area (Å²) in [7, 11) is 1.32. The molecule has 1 aromatic heterocycles. The largest absolute Gasteiger partial charge is 0.508 e. The van der Waals surface area contributed by atoms with Crippen molar-refractivity contribution in [3.63, 3.8) is 0 Å². The Kier molecular flexibility index (Phi) is 18.4. The van der Waals surface area contributed by atoms with Gasteiger partial charge in [0.2, 0.25) is 23.8 Å². The van der Waals surface area contributed by atoms with Crippen LogP contribution in [0.4, 0.5) is 0 Å². The second-order valence-electron chi connectivity index (χ2n) is 18.4. The van der Waals surface area contributed by atoms with Crippen LogP contribution >= 0.6 is 0 Å². The number of phenols is 3. The summed E-state index contributed by atoms with van der Waals surface area (Å²) in [6.45, 7) is -3.60. The number of rotatable bonds is 17. The number of aromatic hydroxyl groups is 3. The number of phenolic OH excluding ortho intramolecular Hbond substituents is 3. The fraction of sp³-hybridized carbons (Fsp3) is 0.510. The van der Waals surface area contributed by atoms with Crippen molar-refractivity contribution in [2.75, 3.05) is 33.5 Å². The number of carbonyl (C=O) groups excluding carboxylic acids is 1. The molecule has 0 amide bonds. The van der Waals surface area contributed by atoms with Crippen LogP contribution in [0.15, 0.2) is 69.9 Å². The predicted molar refractivity (Wildman–Crippen MR) is 253 cm³/mol. The molecule has 0 radical (unpaired) electrons. The maximum atomic E-state index is 14.6. The van der Waals surface area contributed by atoms with Gasteiger partial charge in [-0.2, -0.15) is 0 Å². The average Bonchev–Trinajstić information content (AvgIpc) is 3.44. The quantitative estimate of drug-likeness (QED) is 0.0347. The van der Waals surface area contributed by atoms with Gasteiger partial charge in [0.15, 0.2) is 35.9 Å². The van der Waals surface area contributed by atoms with Crippen molar-refractivity contribution < 1.29 is 138 Å². The number of benzene rings is 3. The Morgan fingerprint density at radius 3 is 1.73 bits per heavy atom. The van der Waals surface area contributed by atoms with Crippen LogP contribution in [-0.2, 0) is 38.0 Å². The number of ether oxygens (including phenoxy) is 10. The van der Waals surface area contributed by atoms with E-state index in [1.54, 1.807) is 0 Å². The zero-order chi connectivity index (χ0) is 56.4. The summed E-state index contributed by atoms with van der Waals surface area (Å²) in [5, 5.41) is 170. The molecule has 20 atom stereocenters. The molecule has 29 heteroatoms. The van der Waals surface area contributed by atoms with Crippen molar-refractivity contribution in [2.45, 2.75) is 123 Å². The van der Waals surface area contributed by atoms with Crippen LogP contribution in [0.5, 0.6) is 34.5 Å². The summed E-state index contributed by atoms with van der Waals surface area (Å²) in [6, 6.07) is 11.0. The van der Waals surface area contributed by atoms with Gasteiger partial charge in [0.25, 0.3) is 0 Å². The summed E-state index contributed by atoms with van der Waals surface area (Å²) in [4.78, 5) is 27.4. The van der Waals surface area contributed by atoms with Gasteiger partial charge in [-0.15, -0.1) is 0 Å². The van der Waals surface area contributed by atoms with E-state index in [0.717, 1.165) is 18.2 Å². The van der Waals surface area contributed by atoms with Crippen molar-refractivity contribution in [3.8, 4) is 45.8 Å². The number of fused-ring (bicyclic) bond motifs is 1. The predicted octanol–water partition coefficient (Wildman–Crippen LogP) is -5.14. The van der Waals surface area contributed by atoms with Crippen LogP contribution in [0, 0.1) is 0 Å². The van der Waals surface area contributed by atoms with Crippen LogP contribution in [0.3, 0.4) is 0 Å². The van der Waals surface area contributed by atoms with E-state index in [1.165, 1.54) is 55.7 Å². The van der Waals surface area contributed by atoms with Crippen LogP contribution in [-0.4, -0.2) is 244 Å². The van der Waals surface area contributed by atoms with E-state index in [1.807, 2.05) is 0 Å². The van der Waals surface area contributed by atoms with E-state index in [0.29, 0.717) is 5.56 Å². The number of esters is 1. The minimum atomic E-state index is -2.21. The third kappa shape index (κ3) is 12.0. The van der Waals surface area contributed by atoms with Gasteiger partial charge in [0, 0.05) is 23.8 Å². The first-order valence-electron chi connectivity index (χ1n) is 23.9. The van der Waals surface area contributed by atoms with Crippen LogP contribution in [0.2, 0.25) is 0 Å². The Morgan fingerprint density at radius 2 is 1.12 bits per heavy atom. The maximum Gasteiger partial charge on any atom is 0.330 e. The van der Waals surface area contributed by atoms with Gasteiger partial charge in [0.1, 0.15) is 126 Å². The second kappa shape index (κ2) is 24.6. The van der Waals surface area contributed by atoms with Crippen molar-refractivity contribution in [3.05, 3.63) is 76.5 Å². The molecular weight excluding hydrogens is 1050 g/mol. The molecule has 29 nitrogen and oxygen atoms in total. The lowest BCUT2D eigenvalue weighted by atomic mass is 9.96. The zero-order valence-corrected chi connectivity index (χ0v) is 40.7. The highest BCUT2D eigenvalue weighted by Gasteiger charge is 2.55. The monoisotopic (exact) mass is 1110 g/mol. The molecule has 0 bridgehead atoms. The number of hydrogen-bond donors (Lipinski definition) is 16. The molecule has 4 aliphatic rings. The Bertz CT molecular complexity index is 2770. The fourth-order valence-electron chi connectivity index (χ4n) is 8.91. The van der Waals surface area contributed by atoms with Gasteiger partial charge in [-0.1, -0.05) is 6.07 Å². The number of hydrogen-bond acceptors (Lipinski definition) is 29. The van der Waals surface area contributed by atoms with E-state index in [-0.39, 0.29) is 28.6 Å². The van der Waals surface area contributed by atoms with Crippen molar-refractivity contribution >= 4 is 23.0 Å². The van der Waals surface area contributed by atoms with E-state index in [9.17, 15) is 91.3 Å². The molecule has 0 unspecified atom stereocenters. The first kappa shape index (κ1) is 58.3. The molecule has 0 spiro atoms. The third-order valence-electron chi connectivity index (χ3n) is 13.3. The molecule has 0 aliphatic carbocycles. The standard InChI is InChI=1S/C49H58O29/c1-68-23-10-17(2-8-21(23)54)3-9-29(56)69-16-28-34(60)37(63)41(67)47(75-28)77-44-38(64)32(58)27(15-52)74-49(44)78-45-39(65)33(59)26(14-51)73-48(45)76-43-35(61)30-22(55)11-20(70-46-40(66)36(62)31(57)25(13-50)72-46)12-24(30)71-42(43)18-4-6-19(53)7-5-18/h2-12,25-28,31-34,36-41,44-55,57-60,62-67H,13-16H2,1H3/b9-3+/t25-,26-,27-,28-,31-,32-,33-,34-,36+,37+,38+,39+,40-,41-,44-,45-,46-,47+,48+,49+/m1/s1. The highest BCUT2D eigenvalue weighted by molar-refractivity contribution is 5.88. The molecule has 4 fully saturated rings. The highest BCUT2D eigenvalue weighted by atomic mass is 16.8. The lowest BCUT2D eigenvalue weighted by Gasteiger charge is -2.48. The number of methoxy groups -OCH3 is 1. The van der Waals surface area contributed by atoms with Crippen LogP contribution in [0.1, 0.15) is 5.56 Å². The average molecular weight is 1110 g/mol. The number of aliphatic hydroxyl groups is 13. The minimum Gasteiger partial charge on any atom is -0.508 e.